The largest absolute Gasteiger partial charge is 0.497 e. The summed E-state index contributed by atoms with van der Waals surface area (Å²) in [6.07, 6.45) is 1.11. The molecule has 0 saturated carbocycles. The van der Waals surface area contributed by atoms with Crippen LogP contribution < -0.4 is 10.1 Å². The lowest BCUT2D eigenvalue weighted by molar-refractivity contribution is -0.135. The Balaban J connectivity index is 1.97. The van der Waals surface area contributed by atoms with Crippen LogP contribution in [0.5, 0.6) is 5.75 Å². The molecule has 0 bridgehead atoms. The molecule has 0 atom stereocenters. The molecule has 1 aromatic rings. The van der Waals surface area contributed by atoms with Crippen LogP contribution in [0.1, 0.15) is 12.8 Å². The number of sulfonamides is 1. The molecule has 0 spiro atoms. The van der Waals surface area contributed by atoms with Crippen LogP contribution >= 0.6 is 0 Å². The van der Waals surface area contributed by atoms with Crippen LogP contribution in [-0.4, -0.2) is 70.9 Å². The maximum Gasteiger partial charge on any atom is 0.243 e. The number of amides is 1. The van der Waals surface area contributed by atoms with Gasteiger partial charge in [0.2, 0.25) is 15.9 Å². The van der Waals surface area contributed by atoms with E-state index in [9.17, 15) is 13.2 Å². The number of rotatable bonds is 7. The molecule has 0 unspecified atom stereocenters. The van der Waals surface area contributed by atoms with E-state index in [0.717, 1.165) is 6.54 Å². The van der Waals surface area contributed by atoms with E-state index in [1.807, 2.05) is 7.05 Å². The van der Waals surface area contributed by atoms with Crippen molar-refractivity contribution in [3.63, 3.8) is 0 Å². The molecule has 25 heavy (non-hydrogen) atoms. The molecular formula is C17H27N3O4S. The highest BCUT2D eigenvalue weighted by Gasteiger charge is 2.33. The molecule has 1 heterocycles. The predicted octanol–water partition coefficient (Wildman–Crippen LogP) is 0.774. The molecule has 1 aliphatic rings. The zero-order valence-electron chi connectivity index (χ0n) is 15.1. The van der Waals surface area contributed by atoms with Crippen molar-refractivity contribution in [1.29, 1.82) is 0 Å². The second-order valence-corrected chi connectivity index (χ2v) is 8.16. The first-order valence-corrected chi connectivity index (χ1v) is 9.88. The Labute approximate surface area is 150 Å². The van der Waals surface area contributed by atoms with E-state index in [1.54, 1.807) is 43.3 Å². The smallest absolute Gasteiger partial charge is 0.243 e. The van der Waals surface area contributed by atoms with Crippen molar-refractivity contribution in [3.05, 3.63) is 24.3 Å². The van der Waals surface area contributed by atoms with E-state index in [4.69, 9.17) is 4.74 Å². The fourth-order valence-corrected chi connectivity index (χ4v) is 4.41. The van der Waals surface area contributed by atoms with Crippen molar-refractivity contribution >= 4 is 15.9 Å². The average molecular weight is 369 g/mol. The summed E-state index contributed by atoms with van der Waals surface area (Å²) < 4.78 is 32.0. The third kappa shape index (κ3) is 4.71. The number of nitrogens with one attached hydrogen (secondary N) is 1. The van der Waals surface area contributed by atoms with Gasteiger partial charge in [-0.25, -0.2) is 8.42 Å². The second kappa shape index (κ2) is 8.64. The molecule has 7 nitrogen and oxygen atoms in total. The van der Waals surface area contributed by atoms with Gasteiger partial charge in [-0.05, 0) is 44.2 Å². The van der Waals surface area contributed by atoms with E-state index >= 15 is 0 Å². The predicted molar refractivity (Wildman–Crippen MR) is 96.0 cm³/mol. The number of ether oxygens (including phenoxy) is 1. The number of piperidine rings is 1. The van der Waals surface area contributed by atoms with Gasteiger partial charge in [0, 0.05) is 39.1 Å². The normalized spacial score (nSPS) is 16.6. The molecule has 1 aromatic carbocycles. The molecule has 1 fully saturated rings. The number of hydrogen-bond donors (Lipinski definition) is 1. The Bertz CT molecular complexity index is 668. The Morgan fingerprint density at radius 3 is 2.40 bits per heavy atom. The lowest BCUT2D eigenvalue weighted by atomic mass is 9.97. The fraction of sp³-hybridized carbons (Fsp3) is 0.588. The number of nitrogens with zero attached hydrogens (tertiary/aromatic N) is 2. The molecule has 1 aliphatic heterocycles. The van der Waals surface area contributed by atoms with Crippen LogP contribution in [0.3, 0.4) is 0 Å². The minimum atomic E-state index is -3.53. The van der Waals surface area contributed by atoms with Gasteiger partial charge in [0.1, 0.15) is 5.75 Å². The molecular weight excluding hydrogens is 342 g/mol. The molecule has 1 saturated heterocycles. The molecule has 0 aliphatic carbocycles. The van der Waals surface area contributed by atoms with Crippen LogP contribution in [0.25, 0.3) is 0 Å². The van der Waals surface area contributed by atoms with Crippen LogP contribution in [0.4, 0.5) is 0 Å². The number of benzene rings is 1. The van der Waals surface area contributed by atoms with Crippen molar-refractivity contribution in [2.75, 3.05) is 47.4 Å². The maximum atomic E-state index is 12.7. The summed E-state index contributed by atoms with van der Waals surface area (Å²) in [6, 6.07) is 6.38. The number of hydrogen-bond acceptors (Lipinski definition) is 5. The Kier molecular flexibility index (Phi) is 6.80. The molecule has 1 amide bonds. The zero-order chi connectivity index (χ0) is 18.4. The van der Waals surface area contributed by atoms with Crippen molar-refractivity contribution in [2.45, 2.75) is 17.7 Å². The second-order valence-electron chi connectivity index (χ2n) is 6.22. The monoisotopic (exact) mass is 369 g/mol. The summed E-state index contributed by atoms with van der Waals surface area (Å²) in [7, 11) is 1.65. The first-order valence-electron chi connectivity index (χ1n) is 8.44. The third-order valence-corrected chi connectivity index (χ3v) is 6.49. The Morgan fingerprint density at radius 2 is 1.88 bits per heavy atom. The Morgan fingerprint density at radius 1 is 1.28 bits per heavy atom. The zero-order valence-corrected chi connectivity index (χ0v) is 15.9. The molecule has 140 valence electrons. The molecule has 2 rings (SSSR count). The number of carbonyl (C=O) groups is 1. The van der Waals surface area contributed by atoms with Gasteiger partial charge in [-0.15, -0.1) is 0 Å². The fourth-order valence-electron chi connectivity index (χ4n) is 2.94. The van der Waals surface area contributed by atoms with Gasteiger partial charge in [-0.2, -0.15) is 4.31 Å². The van der Waals surface area contributed by atoms with Gasteiger partial charge in [-0.1, -0.05) is 0 Å². The molecule has 0 aromatic heterocycles. The SMILES string of the molecule is CNCCN(C)C(=O)C1CCN(S(=O)(=O)c2ccc(OC)cc2)CC1. The first-order chi connectivity index (χ1) is 11.9. The third-order valence-electron chi connectivity index (χ3n) is 4.57. The minimum Gasteiger partial charge on any atom is -0.497 e. The summed E-state index contributed by atoms with van der Waals surface area (Å²) in [6.45, 7) is 2.13. The van der Waals surface area contributed by atoms with Crippen molar-refractivity contribution < 1.29 is 17.9 Å². The highest BCUT2D eigenvalue weighted by atomic mass is 32.2. The highest BCUT2D eigenvalue weighted by Crippen LogP contribution is 2.26. The van der Waals surface area contributed by atoms with Gasteiger partial charge in [0.25, 0.3) is 0 Å². The topological polar surface area (TPSA) is 79.0 Å². The van der Waals surface area contributed by atoms with Crippen LogP contribution in [0.2, 0.25) is 0 Å². The quantitative estimate of drug-likeness (QED) is 0.768. The lowest BCUT2D eigenvalue weighted by Gasteiger charge is -2.32. The minimum absolute atomic E-state index is 0.0942. The van der Waals surface area contributed by atoms with E-state index in [0.29, 0.717) is 38.2 Å². The first kappa shape index (κ1) is 19.7. The van der Waals surface area contributed by atoms with Crippen molar-refractivity contribution in [1.82, 2.24) is 14.5 Å². The number of methoxy groups -OCH3 is 1. The number of likely N-dealkylation sites (N-methyl/N-ethyl adjacent to an activating group) is 2. The summed E-state index contributed by atoms with van der Waals surface area (Å²) in [4.78, 5) is 14.4. The summed E-state index contributed by atoms with van der Waals surface area (Å²) >= 11 is 0. The molecule has 8 heteroatoms. The van der Waals surface area contributed by atoms with Gasteiger partial charge < -0.3 is 15.0 Å². The van der Waals surface area contributed by atoms with Gasteiger partial charge in [0.15, 0.2) is 0 Å². The van der Waals surface area contributed by atoms with Gasteiger partial charge in [0.05, 0.1) is 12.0 Å². The summed E-state index contributed by atoms with van der Waals surface area (Å²) in [5, 5.41) is 3.02. The van der Waals surface area contributed by atoms with Crippen LogP contribution in [0.15, 0.2) is 29.2 Å². The van der Waals surface area contributed by atoms with E-state index in [-0.39, 0.29) is 16.7 Å². The van der Waals surface area contributed by atoms with Gasteiger partial charge in [-0.3, -0.25) is 4.79 Å². The van der Waals surface area contributed by atoms with Crippen LogP contribution in [-0.2, 0) is 14.8 Å². The highest BCUT2D eigenvalue weighted by molar-refractivity contribution is 7.89. The van der Waals surface area contributed by atoms with E-state index in [1.165, 1.54) is 4.31 Å². The Hall–Kier alpha value is -1.64. The van der Waals surface area contributed by atoms with E-state index in [2.05, 4.69) is 5.32 Å². The van der Waals surface area contributed by atoms with E-state index < -0.39 is 10.0 Å². The van der Waals surface area contributed by atoms with Crippen molar-refractivity contribution in [2.24, 2.45) is 5.92 Å². The standard InChI is InChI=1S/C17H27N3O4S/c1-18-10-13-19(2)17(21)14-8-11-20(12-9-14)25(22,23)16-6-4-15(24-3)5-7-16/h4-7,14,18H,8-13H2,1-3H3. The maximum absolute atomic E-state index is 12.7. The van der Waals surface area contributed by atoms with Crippen LogP contribution in [0, 0.1) is 5.92 Å². The molecule has 0 radical (unpaired) electrons. The summed E-state index contributed by atoms with van der Waals surface area (Å²) in [5.41, 5.74) is 0. The van der Waals surface area contributed by atoms with Crippen molar-refractivity contribution in [3.8, 4) is 5.75 Å². The molecule has 1 N–H and O–H groups in total. The number of carbonyl (C=O) groups excluding carboxylic acids is 1. The lowest BCUT2D eigenvalue weighted by Crippen LogP contribution is -2.44. The average Bonchev–Trinajstić information content (AvgIpc) is 2.65. The summed E-state index contributed by atoms with van der Waals surface area (Å²) in [5.74, 6) is 0.605. The van der Waals surface area contributed by atoms with Gasteiger partial charge >= 0.3 is 0 Å².